The molecule has 0 rings (SSSR count). The zero-order chi connectivity index (χ0) is 2.00. The van der Waals surface area contributed by atoms with Gasteiger partial charge in [-0.25, -0.2) is 0 Å². The van der Waals surface area contributed by atoms with Crippen molar-refractivity contribution in [2.24, 2.45) is 0 Å². The molecule has 0 fully saturated rings. The van der Waals surface area contributed by atoms with Crippen LogP contribution in [0.1, 0.15) is 0 Å². The fourth-order valence-electron chi connectivity index (χ4n) is 0. The summed E-state index contributed by atoms with van der Waals surface area (Å²) in [5.74, 6) is 0. The Morgan fingerprint density at radius 1 is 1.25 bits per heavy atom. The summed E-state index contributed by atoms with van der Waals surface area (Å²) >= 11 is 0.611. The van der Waals surface area contributed by atoms with Crippen molar-refractivity contribution in [1.29, 1.82) is 0 Å². The Bertz CT molecular complexity index is 8.00. The van der Waals surface area contributed by atoms with Gasteiger partial charge in [-0.2, -0.15) is 0 Å². The van der Waals surface area contributed by atoms with Gasteiger partial charge in [0.1, 0.15) is 0 Å². The Balaban J connectivity index is -0.00000000500. The van der Waals surface area contributed by atoms with Crippen molar-refractivity contribution in [1.82, 2.24) is 0 Å². The van der Waals surface area contributed by atoms with Crippen molar-refractivity contribution in [2.45, 2.75) is 0 Å². The van der Waals surface area contributed by atoms with Crippen molar-refractivity contribution in [3.05, 3.63) is 0 Å². The van der Waals surface area contributed by atoms with Gasteiger partial charge in [0.2, 0.25) is 0 Å². The molecule has 1 nitrogen and oxygen atoms in total. The molecule has 4 heavy (non-hydrogen) atoms. The molecule has 0 aliphatic heterocycles. The molecule has 0 aliphatic carbocycles. The Morgan fingerprint density at radius 2 is 1.25 bits per heavy atom. The van der Waals surface area contributed by atoms with E-state index in [1.807, 2.05) is 0 Å². The van der Waals surface area contributed by atoms with Crippen molar-refractivity contribution < 1.29 is 37.9 Å². The van der Waals surface area contributed by atoms with Gasteiger partial charge in [-0.15, -0.1) is 0 Å². The molecule has 0 atom stereocenters. The minimum atomic E-state index is 0. The molecule has 0 amide bonds. The zero-order valence-corrected chi connectivity index (χ0v) is 5.59. The second kappa shape index (κ2) is 26.4. The Labute approximate surface area is 54.1 Å². The molecule has 0 heterocycles. The standard InChI is InChI=1S/Al.Co.Cr.O.H. The minimum absolute atomic E-state index is 0. The molecule has 0 spiro atoms. The molecule has 0 aliphatic rings. The predicted octanol–water partition coefficient (Wildman–Crippen LogP) is -0.772. The molecule has 0 bridgehead atoms. The average molecular weight is 155 g/mol. The Morgan fingerprint density at radius 3 is 1.25 bits per heavy atom. The molecule has 0 aromatic rings. The van der Waals surface area contributed by atoms with E-state index in [4.69, 9.17) is 3.80 Å². The van der Waals surface area contributed by atoms with Crippen molar-refractivity contribution >= 4 is 16.2 Å². The SMILES string of the molecule is [Co].[Cr].[O]=[AlH]. The van der Waals surface area contributed by atoms with E-state index in [1.54, 1.807) is 0 Å². The van der Waals surface area contributed by atoms with Gasteiger partial charge in [0.15, 0.2) is 0 Å². The third-order valence-corrected chi connectivity index (χ3v) is 0. The zero-order valence-electron chi connectivity index (χ0n) is 1.86. The van der Waals surface area contributed by atoms with Crippen LogP contribution in [0.5, 0.6) is 0 Å². The van der Waals surface area contributed by atoms with E-state index in [9.17, 15) is 0 Å². The van der Waals surface area contributed by atoms with E-state index in [1.165, 1.54) is 0 Å². The average Bonchev–Trinajstić information content (AvgIpc) is 1.00. The summed E-state index contributed by atoms with van der Waals surface area (Å²) in [4.78, 5) is 0. The number of hydrogen-bond acceptors (Lipinski definition) is 1. The van der Waals surface area contributed by atoms with Crippen molar-refractivity contribution in [3.8, 4) is 0 Å². The van der Waals surface area contributed by atoms with E-state index in [0.717, 1.165) is 0 Å². The summed E-state index contributed by atoms with van der Waals surface area (Å²) in [6, 6.07) is 0. The molecule has 1 radical (unpaired) electrons. The summed E-state index contributed by atoms with van der Waals surface area (Å²) in [6.45, 7) is 0. The molecule has 0 saturated carbocycles. The van der Waals surface area contributed by atoms with Gasteiger partial charge in [0, 0.05) is 34.1 Å². The van der Waals surface area contributed by atoms with E-state index in [0.29, 0.717) is 16.2 Å². The third kappa shape index (κ3) is 10.1. The van der Waals surface area contributed by atoms with Crippen LogP contribution in [0.15, 0.2) is 0 Å². The van der Waals surface area contributed by atoms with E-state index in [-0.39, 0.29) is 34.1 Å². The molecular formula is HAlCoCrO. The fourth-order valence-corrected chi connectivity index (χ4v) is 0. The number of hydrogen-bond donors (Lipinski definition) is 0. The summed E-state index contributed by atoms with van der Waals surface area (Å²) in [7, 11) is 0. The van der Waals surface area contributed by atoms with Gasteiger partial charge in [-0.05, 0) is 0 Å². The van der Waals surface area contributed by atoms with Crippen molar-refractivity contribution in [2.75, 3.05) is 0 Å². The van der Waals surface area contributed by atoms with Crippen LogP contribution in [0, 0.1) is 0 Å². The second-order valence-electron chi connectivity index (χ2n) is 0. The maximum absolute atomic E-state index is 8.28. The van der Waals surface area contributed by atoms with Crippen LogP contribution < -0.4 is 0 Å². The van der Waals surface area contributed by atoms with Gasteiger partial charge in [0.05, 0.1) is 0 Å². The summed E-state index contributed by atoms with van der Waals surface area (Å²) < 4.78 is 8.28. The van der Waals surface area contributed by atoms with Crippen LogP contribution in [0.3, 0.4) is 0 Å². The van der Waals surface area contributed by atoms with Crippen LogP contribution in [0.2, 0.25) is 0 Å². The first-order valence-corrected chi connectivity index (χ1v) is 0.866. The van der Waals surface area contributed by atoms with Crippen LogP contribution in [-0.2, 0) is 37.9 Å². The van der Waals surface area contributed by atoms with Gasteiger partial charge in [-0.3, -0.25) is 0 Å². The summed E-state index contributed by atoms with van der Waals surface area (Å²) in [5, 5.41) is 0. The van der Waals surface area contributed by atoms with E-state index in [2.05, 4.69) is 0 Å². The first-order chi connectivity index (χ1) is 1.00. The molecule has 25 valence electrons. The number of rotatable bonds is 0. The van der Waals surface area contributed by atoms with E-state index < -0.39 is 0 Å². The normalized spacial score (nSPS) is 0.750. The predicted molar refractivity (Wildman–Crippen MR) is 7.84 cm³/mol. The summed E-state index contributed by atoms with van der Waals surface area (Å²) in [6.07, 6.45) is 0. The first kappa shape index (κ1) is 18.3. The van der Waals surface area contributed by atoms with Gasteiger partial charge >= 0.3 is 20.0 Å². The topological polar surface area (TPSA) is 17.1 Å². The molecular weight excluding hydrogens is 154 g/mol. The molecule has 0 aromatic carbocycles. The summed E-state index contributed by atoms with van der Waals surface area (Å²) in [5.41, 5.74) is 0. The van der Waals surface area contributed by atoms with Gasteiger partial charge < -0.3 is 0 Å². The van der Waals surface area contributed by atoms with Crippen molar-refractivity contribution in [3.63, 3.8) is 0 Å². The molecule has 0 N–H and O–H groups in total. The van der Waals surface area contributed by atoms with E-state index >= 15 is 0 Å². The van der Waals surface area contributed by atoms with Crippen LogP contribution in [0.25, 0.3) is 0 Å². The maximum atomic E-state index is 8.28. The van der Waals surface area contributed by atoms with Gasteiger partial charge in [-0.1, -0.05) is 0 Å². The molecule has 4 heteroatoms. The molecule has 0 unspecified atom stereocenters. The molecule has 0 aromatic heterocycles. The van der Waals surface area contributed by atoms with Crippen LogP contribution in [-0.4, -0.2) is 16.2 Å². The monoisotopic (exact) mass is 155 g/mol. The Hall–Kier alpha value is 1.37. The van der Waals surface area contributed by atoms with Crippen LogP contribution >= 0.6 is 0 Å². The first-order valence-electron chi connectivity index (χ1n) is 0.289. The fraction of sp³-hybridized carbons (Fsp3) is 0. The Kier molecular flexibility index (Phi) is 121. The van der Waals surface area contributed by atoms with Gasteiger partial charge in [0.25, 0.3) is 0 Å². The molecule has 0 saturated heterocycles. The van der Waals surface area contributed by atoms with Crippen LogP contribution in [0.4, 0.5) is 0 Å². The quantitative estimate of drug-likeness (QED) is 0.419. The third-order valence-electron chi connectivity index (χ3n) is 0. The second-order valence-corrected chi connectivity index (χ2v) is 0.